The molecule has 0 amide bonds. The lowest BCUT2D eigenvalue weighted by molar-refractivity contribution is -0.580. The zero-order valence-electron chi connectivity index (χ0n) is 15.8. The minimum Gasteiger partial charge on any atom is -0.618 e. The fraction of sp³-hybridized carbons (Fsp3) is 0.0455. The number of halogens is 2. The molecule has 0 spiro atoms. The molecule has 0 aliphatic heterocycles. The van der Waals surface area contributed by atoms with Gasteiger partial charge in [0.05, 0.1) is 15.6 Å². The largest absolute Gasteiger partial charge is 0.618 e. The summed E-state index contributed by atoms with van der Waals surface area (Å²) in [6.07, 6.45) is 2.90. The molecule has 9 heteroatoms. The maximum Gasteiger partial charge on any atom is 0.338 e. The van der Waals surface area contributed by atoms with Gasteiger partial charge in [-0.25, -0.2) is 9.78 Å². The van der Waals surface area contributed by atoms with E-state index in [1.807, 2.05) is 0 Å². The Bertz CT molecular complexity index is 1300. The molecule has 0 aliphatic carbocycles. The van der Waals surface area contributed by atoms with E-state index in [9.17, 15) is 14.8 Å². The van der Waals surface area contributed by atoms with E-state index in [1.165, 1.54) is 36.7 Å². The van der Waals surface area contributed by atoms with Crippen LogP contribution in [-0.4, -0.2) is 21.7 Å². The second kappa shape index (κ2) is 8.67. The van der Waals surface area contributed by atoms with Crippen LogP contribution in [0.3, 0.4) is 0 Å². The minimum atomic E-state index is -0.644. The zero-order valence-corrected chi connectivity index (χ0v) is 17.3. The molecule has 0 fully saturated rings. The molecule has 0 N–H and O–H groups in total. The quantitative estimate of drug-likeness (QED) is 0.195. The number of hydrogen-bond donors (Lipinski definition) is 0. The van der Waals surface area contributed by atoms with Crippen molar-refractivity contribution in [2.24, 2.45) is 0 Å². The first-order valence-corrected chi connectivity index (χ1v) is 9.79. The van der Waals surface area contributed by atoms with Crippen LogP contribution in [0.1, 0.15) is 32.1 Å². The average Bonchev–Trinajstić information content (AvgIpc) is 2.79. The van der Waals surface area contributed by atoms with Crippen LogP contribution < -0.4 is 4.73 Å². The summed E-state index contributed by atoms with van der Waals surface area (Å²) in [5.74, 6) is -1.21. The van der Waals surface area contributed by atoms with Gasteiger partial charge in [-0.2, -0.15) is 4.73 Å². The van der Waals surface area contributed by atoms with E-state index < -0.39 is 18.4 Å². The van der Waals surface area contributed by atoms with E-state index in [4.69, 9.17) is 27.9 Å². The van der Waals surface area contributed by atoms with Crippen molar-refractivity contribution in [1.82, 2.24) is 9.97 Å². The Morgan fingerprint density at radius 2 is 1.65 bits per heavy atom. The highest BCUT2D eigenvalue weighted by atomic mass is 35.5. The third kappa shape index (κ3) is 4.19. The van der Waals surface area contributed by atoms with Gasteiger partial charge in [0.1, 0.15) is 12.1 Å². The Morgan fingerprint density at radius 1 is 0.968 bits per heavy atom. The van der Waals surface area contributed by atoms with Gasteiger partial charge in [0.25, 0.3) is 11.5 Å². The molecular weight excluding hydrogens is 441 g/mol. The molecule has 4 aromatic rings. The molecule has 0 atom stereocenters. The van der Waals surface area contributed by atoms with E-state index in [-0.39, 0.29) is 43.6 Å². The molecule has 2 heterocycles. The first-order chi connectivity index (χ1) is 15.0. The van der Waals surface area contributed by atoms with Crippen molar-refractivity contribution in [3.8, 4) is 0 Å². The molecular formula is C22H13Cl2N3O4. The molecule has 154 valence electrons. The lowest BCUT2D eigenvalue weighted by Crippen LogP contribution is -2.38. The Kier molecular flexibility index (Phi) is 5.79. The summed E-state index contributed by atoms with van der Waals surface area (Å²) < 4.78 is 5.75. The molecule has 0 unspecified atom stereocenters. The lowest BCUT2D eigenvalue weighted by atomic mass is 10.1. The van der Waals surface area contributed by atoms with Gasteiger partial charge in [0.15, 0.2) is 5.69 Å². The van der Waals surface area contributed by atoms with Gasteiger partial charge in [-0.05, 0) is 18.2 Å². The molecule has 2 aromatic heterocycles. The fourth-order valence-electron chi connectivity index (χ4n) is 2.97. The van der Waals surface area contributed by atoms with Gasteiger partial charge >= 0.3 is 5.97 Å². The number of carbonyl (C=O) groups is 2. The zero-order chi connectivity index (χ0) is 22.0. The van der Waals surface area contributed by atoms with E-state index in [2.05, 4.69) is 9.97 Å². The van der Waals surface area contributed by atoms with E-state index >= 15 is 0 Å². The van der Waals surface area contributed by atoms with Crippen LogP contribution in [0, 0.1) is 5.21 Å². The smallest absolute Gasteiger partial charge is 0.338 e. The third-order valence-corrected chi connectivity index (χ3v) is 5.20. The van der Waals surface area contributed by atoms with Gasteiger partial charge in [-0.1, -0.05) is 53.5 Å². The van der Waals surface area contributed by atoms with E-state index in [1.54, 1.807) is 30.3 Å². The summed E-state index contributed by atoms with van der Waals surface area (Å²) >= 11 is 12.1. The highest BCUT2D eigenvalue weighted by Crippen LogP contribution is 2.26. The summed E-state index contributed by atoms with van der Waals surface area (Å²) in [6.45, 7) is -0.395. The van der Waals surface area contributed by atoms with Crippen molar-refractivity contribution in [1.29, 1.82) is 0 Å². The van der Waals surface area contributed by atoms with Gasteiger partial charge in [0, 0.05) is 24.0 Å². The number of hydrogen-bond acceptors (Lipinski definition) is 6. The normalized spacial score (nSPS) is 10.8. The van der Waals surface area contributed by atoms with Crippen molar-refractivity contribution < 1.29 is 19.1 Å². The summed E-state index contributed by atoms with van der Waals surface area (Å²) in [7, 11) is 0. The average molecular weight is 454 g/mol. The summed E-state index contributed by atoms with van der Waals surface area (Å²) in [5.41, 5.74) is 0.574. The number of benzene rings is 2. The molecule has 31 heavy (non-hydrogen) atoms. The summed E-state index contributed by atoms with van der Waals surface area (Å²) in [5, 5.41) is 13.5. The monoisotopic (exact) mass is 453 g/mol. The number of pyridine rings is 1. The Labute approximate surface area is 186 Å². The highest BCUT2D eigenvalue weighted by molar-refractivity contribution is 6.42. The third-order valence-electron chi connectivity index (χ3n) is 4.48. The molecule has 0 radical (unpaired) electrons. The SMILES string of the molecule is O=C(OCc1nc2cc(Cl)c(Cl)cc2[n+]([O-])c1C(=O)c1ccccc1)c1ccncc1. The van der Waals surface area contributed by atoms with E-state index in [0.717, 1.165) is 0 Å². The Balaban J connectivity index is 1.80. The topological polar surface area (TPSA) is 96.1 Å². The predicted octanol–water partition coefficient (Wildman–Crippen LogP) is 4.16. The van der Waals surface area contributed by atoms with E-state index in [0.29, 0.717) is 4.73 Å². The van der Waals surface area contributed by atoms with Crippen molar-refractivity contribution in [3.05, 3.63) is 105 Å². The lowest BCUT2D eigenvalue weighted by Gasteiger charge is -2.12. The molecule has 0 saturated heterocycles. The summed E-state index contributed by atoms with van der Waals surface area (Å²) in [4.78, 5) is 33.7. The molecule has 0 aliphatic rings. The second-order valence-corrected chi connectivity index (χ2v) is 7.28. The number of ether oxygens (including phenoxy) is 1. The fourth-order valence-corrected chi connectivity index (χ4v) is 3.29. The minimum absolute atomic E-state index is 0.00264. The highest BCUT2D eigenvalue weighted by Gasteiger charge is 2.28. The van der Waals surface area contributed by atoms with Crippen LogP contribution in [0.2, 0.25) is 10.0 Å². The van der Waals surface area contributed by atoms with Gasteiger partial charge in [0.2, 0.25) is 5.52 Å². The van der Waals surface area contributed by atoms with Crippen LogP contribution >= 0.6 is 23.2 Å². The van der Waals surface area contributed by atoms with Crippen molar-refractivity contribution >= 4 is 46.0 Å². The Morgan fingerprint density at radius 3 is 2.35 bits per heavy atom. The number of nitrogens with zero attached hydrogens (tertiary/aromatic N) is 3. The van der Waals surface area contributed by atoms with Gasteiger partial charge < -0.3 is 9.94 Å². The Hall–Kier alpha value is -3.55. The van der Waals surface area contributed by atoms with Gasteiger partial charge in [-0.15, -0.1) is 0 Å². The number of esters is 1. The van der Waals surface area contributed by atoms with Gasteiger partial charge in [-0.3, -0.25) is 9.78 Å². The number of ketones is 1. The maximum atomic E-state index is 13.1. The first-order valence-electron chi connectivity index (χ1n) is 9.04. The molecule has 0 bridgehead atoms. The molecule has 4 rings (SSSR count). The van der Waals surface area contributed by atoms with Crippen molar-refractivity contribution in [2.45, 2.75) is 6.61 Å². The number of fused-ring (bicyclic) bond motifs is 1. The number of carbonyl (C=O) groups excluding carboxylic acids is 2. The van der Waals surface area contributed by atoms with Crippen LogP contribution in [0.5, 0.6) is 0 Å². The van der Waals surface area contributed by atoms with Crippen LogP contribution in [0.15, 0.2) is 67.0 Å². The van der Waals surface area contributed by atoms with Crippen molar-refractivity contribution in [3.63, 3.8) is 0 Å². The summed E-state index contributed by atoms with van der Waals surface area (Å²) in [6, 6.07) is 14.0. The van der Waals surface area contributed by atoms with Crippen molar-refractivity contribution in [2.75, 3.05) is 0 Å². The molecule has 7 nitrogen and oxygen atoms in total. The number of aromatic nitrogens is 3. The number of rotatable bonds is 5. The van der Waals surface area contributed by atoms with Crippen LogP contribution in [0.4, 0.5) is 0 Å². The molecule has 0 saturated carbocycles. The van der Waals surface area contributed by atoms with Crippen LogP contribution in [0.25, 0.3) is 11.0 Å². The first kappa shape index (κ1) is 20.7. The van der Waals surface area contributed by atoms with Crippen LogP contribution in [-0.2, 0) is 11.3 Å². The molecule has 2 aromatic carbocycles. The maximum absolute atomic E-state index is 13.1. The standard InChI is InChI=1S/C22H13Cl2N3O4/c23-15-10-17-19(11-16(15)24)27(30)20(21(28)13-4-2-1-3-5-13)18(26-17)12-31-22(29)14-6-8-25-9-7-14/h1-11H,12H2. The predicted molar refractivity (Wildman–Crippen MR) is 114 cm³/mol. The second-order valence-electron chi connectivity index (χ2n) is 6.46.